The molecule has 2 aromatic carbocycles. The molecule has 0 saturated carbocycles. The quantitative estimate of drug-likeness (QED) is 0.727. The van der Waals surface area contributed by atoms with E-state index in [0.717, 1.165) is 11.6 Å². The Morgan fingerprint density at radius 1 is 0.923 bits per heavy atom. The lowest BCUT2D eigenvalue weighted by molar-refractivity contribution is -0.137. The Labute approximate surface area is 153 Å². The zero-order chi connectivity index (χ0) is 19.5. The number of amides is 2. The minimum Gasteiger partial charge on any atom is -0.318 e. The van der Waals surface area contributed by atoms with E-state index in [9.17, 15) is 22.8 Å². The molecule has 0 bridgehead atoms. The van der Waals surface area contributed by atoms with Crippen LogP contribution in [0.1, 0.15) is 30.9 Å². The Hall–Kier alpha value is -2.54. The number of anilines is 2. The molecule has 8 heteroatoms. The highest BCUT2D eigenvalue weighted by atomic mass is 35.5. The monoisotopic (exact) mass is 384 g/mol. The third kappa shape index (κ3) is 4.98. The van der Waals surface area contributed by atoms with Gasteiger partial charge in [-0.05, 0) is 41.8 Å². The van der Waals surface area contributed by atoms with E-state index >= 15 is 0 Å². The summed E-state index contributed by atoms with van der Waals surface area (Å²) in [7, 11) is 0. The van der Waals surface area contributed by atoms with Gasteiger partial charge in [-0.2, -0.15) is 13.2 Å². The average molecular weight is 385 g/mol. The third-order valence-electron chi connectivity index (χ3n) is 3.57. The van der Waals surface area contributed by atoms with Crippen LogP contribution >= 0.6 is 11.6 Å². The van der Waals surface area contributed by atoms with E-state index in [1.165, 1.54) is 6.07 Å². The number of benzene rings is 2. The van der Waals surface area contributed by atoms with Gasteiger partial charge in [0.2, 0.25) is 0 Å². The van der Waals surface area contributed by atoms with Gasteiger partial charge in [0.05, 0.1) is 10.6 Å². The first-order valence-corrected chi connectivity index (χ1v) is 8.04. The van der Waals surface area contributed by atoms with Crippen LogP contribution in [0.5, 0.6) is 0 Å². The van der Waals surface area contributed by atoms with Gasteiger partial charge in [0.15, 0.2) is 0 Å². The molecule has 26 heavy (non-hydrogen) atoms. The Morgan fingerprint density at radius 2 is 1.42 bits per heavy atom. The van der Waals surface area contributed by atoms with Crippen molar-refractivity contribution in [1.29, 1.82) is 0 Å². The SMILES string of the molecule is CC(C)c1ccc(NC(=O)C(=O)Nc2ccc(Cl)c(C(F)(F)F)c2)cc1. The molecule has 0 spiro atoms. The van der Waals surface area contributed by atoms with Gasteiger partial charge in [0.25, 0.3) is 0 Å². The fourth-order valence-electron chi connectivity index (χ4n) is 2.15. The molecular formula is C18H16ClF3N2O2. The number of alkyl halides is 3. The van der Waals surface area contributed by atoms with Crippen LogP contribution in [0.25, 0.3) is 0 Å². The Morgan fingerprint density at radius 3 is 1.92 bits per heavy atom. The predicted octanol–water partition coefficient (Wildman–Crippen LogP) is 5.06. The molecule has 2 N–H and O–H groups in total. The number of carbonyl (C=O) groups excluding carboxylic acids is 2. The number of hydrogen-bond acceptors (Lipinski definition) is 2. The lowest BCUT2D eigenvalue weighted by atomic mass is 10.0. The van der Waals surface area contributed by atoms with Crippen molar-refractivity contribution in [1.82, 2.24) is 0 Å². The standard InChI is InChI=1S/C18H16ClF3N2O2/c1-10(2)11-3-5-12(6-4-11)23-16(25)17(26)24-13-7-8-15(19)14(9-13)18(20,21)22/h3-10H,1-2H3,(H,23,25)(H,24,26). The normalized spacial score (nSPS) is 11.3. The van der Waals surface area contributed by atoms with Crippen molar-refractivity contribution in [3.8, 4) is 0 Å². The van der Waals surface area contributed by atoms with Gasteiger partial charge in [-0.3, -0.25) is 9.59 Å². The summed E-state index contributed by atoms with van der Waals surface area (Å²) in [6.07, 6.45) is -4.67. The lowest BCUT2D eigenvalue weighted by Crippen LogP contribution is -2.29. The smallest absolute Gasteiger partial charge is 0.318 e. The zero-order valence-corrected chi connectivity index (χ0v) is 14.7. The van der Waals surface area contributed by atoms with Crippen LogP contribution in [0.3, 0.4) is 0 Å². The summed E-state index contributed by atoms with van der Waals surface area (Å²) in [5.74, 6) is -1.77. The first-order valence-electron chi connectivity index (χ1n) is 7.67. The molecule has 0 saturated heterocycles. The summed E-state index contributed by atoms with van der Waals surface area (Å²) < 4.78 is 38.5. The van der Waals surface area contributed by atoms with Gasteiger partial charge in [-0.15, -0.1) is 0 Å². The number of carbonyl (C=O) groups is 2. The van der Waals surface area contributed by atoms with E-state index in [-0.39, 0.29) is 5.69 Å². The highest BCUT2D eigenvalue weighted by molar-refractivity contribution is 6.43. The molecule has 0 aliphatic carbocycles. The maximum Gasteiger partial charge on any atom is 0.417 e. The van der Waals surface area contributed by atoms with Crippen molar-refractivity contribution >= 4 is 34.8 Å². The number of halogens is 4. The van der Waals surface area contributed by atoms with E-state index in [2.05, 4.69) is 10.6 Å². The van der Waals surface area contributed by atoms with Crippen molar-refractivity contribution in [2.45, 2.75) is 25.9 Å². The van der Waals surface area contributed by atoms with Crippen LogP contribution in [0.2, 0.25) is 5.02 Å². The second-order valence-electron chi connectivity index (χ2n) is 5.88. The fraction of sp³-hybridized carbons (Fsp3) is 0.222. The van der Waals surface area contributed by atoms with Gasteiger partial charge in [0, 0.05) is 11.4 Å². The average Bonchev–Trinajstić information content (AvgIpc) is 2.56. The van der Waals surface area contributed by atoms with E-state index in [1.54, 1.807) is 12.1 Å². The minimum absolute atomic E-state index is 0.183. The molecule has 2 amide bonds. The minimum atomic E-state index is -4.67. The van der Waals surface area contributed by atoms with Crippen LogP contribution in [-0.2, 0) is 15.8 Å². The molecule has 0 aliphatic heterocycles. The van der Waals surface area contributed by atoms with Crippen LogP contribution in [-0.4, -0.2) is 11.8 Å². The lowest BCUT2D eigenvalue weighted by Gasteiger charge is -2.12. The van der Waals surface area contributed by atoms with Crippen LogP contribution in [0, 0.1) is 0 Å². The maximum atomic E-state index is 12.8. The molecule has 0 fully saturated rings. The molecule has 4 nitrogen and oxygen atoms in total. The van der Waals surface area contributed by atoms with Crippen LogP contribution in [0.4, 0.5) is 24.5 Å². The van der Waals surface area contributed by atoms with Gasteiger partial charge in [-0.1, -0.05) is 37.6 Å². The summed E-state index contributed by atoms with van der Waals surface area (Å²) >= 11 is 5.51. The molecule has 2 rings (SSSR count). The van der Waals surface area contributed by atoms with Crippen LogP contribution in [0.15, 0.2) is 42.5 Å². The van der Waals surface area contributed by atoms with Crippen molar-refractivity contribution in [2.75, 3.05) is 10.6 Å². The topological polar surface area (TPSA) is 58.2 Å². The van der Waals surface area contributed by atoms with Crippen molar-refractivity contribution < 1.29 is 22.8 Å². The van der Waals surface area contributed by atoms with Gasteiger partial charge < -0.3 is 10.6 Å². The van der Waals surface area contributed by atoms with Crippen LogP contribution < -0.4 is 10.6 Å². The molecular weight excluding hydrogens is 369 g/mol. The van der Waals surface area contributed by atoms with Crippen molar-refractivity contribution in [2.24, 2.45) is 0 Å². The third-order valence-corrected chi connectivity index (χ3v) is 3.90. The summed E-state index contributed by atoms with van der Waals surface area (Å²) in [6.45, 7) is 4.03. The molecule has 0 heterocycles. The molecule has 0 atom stereocenters. The first-order chi connectivity index (χ1) is 12.1. The van der Waals surface area contributed by atoms with E-state index < -0.39 is 28.6 Å². The number of rotatable bonds is 3. The highest BCUT2D eigenvalue weighted by Gasteiger charge is 2.33. The van der Waals surface area contributed by atoms with Gasteiger partial charge in [-0.25, -0.2) is 0 Å². The summed E-state index contributed by atoms with van der Waals surface area (Å²) in [4.78, 5) is 23.8. The molecule has 0 unspecified atom stereocenters. The number of nitrogens with one attached hydrogen (secondary N) is 2. The van der Waals surface area contributed by atoms with E-state index in [0.29, 0.717) is 17.7 Å². The largest absolute Gasteiger partial charge is 0.417 e. The first kappa shape index (κ1) is 19.8. The molecule has 0 aliphatic rings. The molecule has 0 aromatic heterocycles. The summed E-state index contributed by atoms with van der Waals surface area (Å²) in [6, 6.07) is 9.77. The Bertz CT molecular complexity index is 818. The molecule has 138 valence electrons. The second-order valence-corrected chi connectivity index (χ2v) is 6.28. The van der Waals surface area contributed by atoms with Crippen molar-refractivity contribution in [3.05, 3.63) is 58.6 Å². The summed E-state index contributed by atoms with van der Waals surface area (Å²) in [5.41, 5.74) is 0.189. The second kappa shape index (κ2) is 7.78. The van der Waals surface area contributed by atoms with Crippen molar-refractivity contribution in [3.63, 3.8) is 0 Å². The zero-order valence-electron chi connectivity index (χ0n) is 13.9. The Kier molecular flexibility index (Phi) is 5.92. The van der Waals surface area contributed by atoms with Gasteiger partial charge >= 0.3 is 18.0 Å². The summed E-state index contributed by atoms with van der Waals surface area (Å²) in [5, 5.41) is 4.01. The molecule has 2 aromatic rings. The van der Waals surface area contributed by atoms with E-state index in [1.807, 2.05) is 26.0 Å². The predicted molar refractivity (Wildman–Crippen MR) is 94.2 cm³/mol. The fourth-order valence-corrected chi connectivity index (χ4v) is 2.37. The number of hydrogen-bond donors (Lipinski definition) is 2. The van der Waals surface area contributed by atoms with Gasteiger partial charge in [0.1, 0.15) is 0 Å². The van der Waals surface area contributed by atoms with E-state index in [4.69, 9.17) is 11.6 Å². The highest BCUT2D eigenvalue weighted by Crippen LogP contribution is 2.36. The Balaban J connectivity index is 2.06. The molecule has 0 radical (unpaired) electrons. The maximum absolute atomic E-state index is 12.8.